The fraction of sp³-hybridized carbons (Fsp3) is 0.619. The Kier molecular flexibility index (Phi) is 7.24. The van der Waals surface area contributed by atoms with Crippen LogP contribution in [0.25, 0.3) is 0 Å². The lowest BCUT2D eigenvalue weighted by Gasteiger charge is -2.33. The summed E-state index contributed by atoms with van der Waals surface area (Å²) in [4.78, 5) is 28.5. The van der Waals surface area contributed by atoms with E-state index in [9.17, 15) is 18.0 Å². The van der Waals surface area contributed by atoms with Gasteiger partial charge in [-0.05, 0) is 66.7 Å². The van der Waals surface area contributed by atoms with E-state index in [-0.39, 0.29) is 22.6 Å². The molecule has 1 fully saturated rings. The zero-order chi connectivity index (χ0) is 22.1. The first kappa shape index (κ1) is 23.2. The minimum atomic E-state index is -3.73. The van der Waals surface area contributed by atoms with Gasteiger partial charge in [0.05, 0.1) is 4.90 Å². The number of piperidine rings is 1. The second-order valence-corrected chi connectivity index (χ2v) is 10.5. The lowest BCUT2D eigenvalue weighted by atomic mass is 9.96. The van der Waals surface area contributed by atoms with E-state index in [2.05, 4.69) is 15.9 Å². The number of amides is 2. The molecule has 0 bridgehead atoms. The Morgan fingerprint density at radius 1 is 1.10 bits per heavy atom. The van der Waals surface area contributed by atoms with Crippen molar-refractivity contribution in [3.63, 3.8) is 0 Å². The zero-order valence-electron chi connectivity index (χ0n) is 17.9. The van der Waals surface area contributed by atoms with Crippen LogP contribution in [0.5, 0.6) is 0 Å². The Balaban J connectivity index is 1.80. The van der Waals surface area contributed by atoms with Crippen molar-refractivity contribution in [2.75, 3.05) is 37.6 Å². The number of anilines is 1. The quantitative estimate of drug-likeness (QED) is 0.602. The van der Waals surface area contributed by atoms with Gasteiger partial charge in [-0.3, -0.25) is 9.59 Å². The molecule has 166 valence electrons. The Labute approximate surface area is 187 Å². The topological polar surface area (TPSA) is 78.0 Å². The SMILES string of the molecule is CCC(=O)N1CCc2cc(Br)c(S(=O)(=O)N3CCC(C(=O)N(CC)CC)CC3)cc21. The minimum absolute atomic E-state index is 0.00449. The van der Waals surface area contributed by atoms with Crippen LogP contribution in [0, 0.1) is 5.92 Å². The molecule has 1 aromatic rings. The molecule has 0 radical (unpaired) electrons. The van der Waals surface area contributed by atoms with Gasteiger partial charge in [0.2, 0.25) is 21.8 Å². The maximum atomic E-state index is 13.4. The highest BCUT2D eigenvalue weighted by molar-refractivity contribution is 9.10. The van der Waals surface area contributed by atoms with Gasteiger partial charge in [-0.2, -0.15) is 4.31 Å². The van der Waals surface area contributed by atoms with Crippen molar-refractivity contribution in [2.24, 2.45) is 5.92 Å². The van der Waals surface area contributed by atoms with Crippen LogP contribution in [0.15, 0.2) is 21.5 Å². The monoisotopic (exact) mass is 499 g/mol. The summed E-state index contributed by atoms with van der Waals surface area (Å²) in [5.41, 5.74) is 1.67. The third-order valence-electron chi connectivity index (χ3n) is 6.13. The average molecular weight is 500 g/mol. The summed E-state index contributed by atoms with van der Waals surface area (Å²) in [5, 5.41) is 0. The molecule has 0 atom stereocenters. The molecule has 9 heteroatoms. The van der Waals surface area contributed by atoms with Crippen LogP contribution in [0.3, 0.4) is 0 Å². The van der Waals surface area contributed by atoms with Crippen LogP contribution in [-0.2, 0) is 26.0 Å². The number of hydrogen-bond acceptors (Lipinski definition) is 4. The Morgan fingerprint density at radius 3 is 2.30 bits per heavy atom. The largest absolute Gasteiger partial charge is 0.343 e. The van der Waals surface area contributed by atoms with Crippen LogP contribution in [0.1, 0.15) is 45.6 Å². The fourth-order valence-electron chi connectivity index (χ4n) is 4.31. The first-order chi connectivity index (χ1) is 14.2. The van der Waals surface area contributed by atoms with Gasteiger partial charge < -0.3 is 9.80 Å². The number of carbonyl (C=O) groups excluding carboxylic acids is 2. The third kappa shape index (κ3) is 4.29. The molecule has 0 N–H and O–H groups in total. The summed E-state index contributed by atoms with van der Waals surface area (Å²) in [7, 11) is -3.73. The summed E-state index contributed by atoms with van der Waals surface area (Å²) >= 11 is 3.43. The molecule has 0 saturated carbocycles. The molecule has 0 aliphatic carbocycles. The highest BCUT2D eigenvalue weighted by Crippen LogP contribution is 2.37. The van der Waals surface area contributed by atoms with E-state index in [1.54, 1.807) is 17.9 Å². The molecular weight excluding hydrogens is 470 g/mol. The molecule has 0 spiro atoms. The third-order valence-corrected chi connectivity index (χ3v) is 8.99. The molecule has 3 rings (SSSR count). The number of hydrogen-bond donors (Lipinski definition) is 0. The predicted molar refractivity (Wildman–Crippen MR) is 120 cm³/mol. The maximum absolute atomic E-state index is 13.4. The molecule has 7 nitrogen and oxygen atoms in total. The predicted octanol–water partition coefficient (Wildman–Crippen LogP) is 3.02. The Hall–Kier alpha value is -1.45. The smallest absolute Gasteiger partial charge is 0.244 e. The molecule has 2 amide bonds. The van der Waals surface area contributed by atoms with Gasteiger partial charge in [-0.25, -0.2) is 8.42 Å². The number of fused-ring (bicyclic) bond motifs is 1. The van der Waals surface area contributed by atoms with Crippen molar-refractivity contribution in [2.45, 2.75) is 51.3 Å². The van der Waals surface area contributed by atoms with Crippen molar-refractivity contribution >= 4 is 43.5 Å². The molecule has 2 aliphatic heterocycles. The van der Waals surface area contributed by atoms with E-state index in [0.29, 0.717) is 62.1 Å². The summed E-state index contributed by atoms with van der Waals surface area (Å²) in [6.07, 6.45) is 2.15. The van der Waals surface area contributed by atoms with E-state index >= 15 is 0 Å². The lowest BCUT2D eigenvalue weighted by Crippen LogP contribution is -2.44. The minimum Gasteiger partial charge on any atom is -0.343 e. The molecular formula is C21H30BrN3O4S. The highest BCUT2D eigenvalue weighted by atomic mass is 79.9. The van der Waals surface area contributed by atoms with Gasteiger partial charge in [0.25, 0.3) is 0 Å². The van der Waals surface area contributed by atoms with E-state index in [1.165, 1.54) is 4.31 Å². The first-order valence-corrected chi connectivity index (χ1v) is 12.9. The molecule has 2 heterocycles. The Morgan fingerprint density at radius 2 is 1.73 bits per heavy atom. The molecule has 0 unspecified atom stereocenters. The van der Waals surface area contributed by atoms with Crippen LogP contribution in [0.2, 0.25) is 0 Å². The number of benzene rings is 1. The van der Waals surface area contributed by atoms with Gasteiger partial charge in [-0.15, -0.1) is 0 Å². The van der Waals surface area contributed by atoms with Crippen LogP contribution >= 0.6 is 15.9 Å². The van der Waals surface area contributed by atoms with E-state index in [1.807, 2.05) is 24.8 Å². The van der Waals surface area contributed by atoms with E-state index in [0.717, 1.165) is 12.0 Å². The second kappa shape index (κ2) is 9.36. The number of sulfonamides is 1. The average Bonchev–Trinajstić information content (AvgIpc) is 3.16. The number of carbonyl (C=O) groups is 2. The van der Waals surface area contributed by atoms with Gasteiger partial charge in [0.1, 0.15) is 0 Å². The fourth-order valence-corrected chi connectivity index (χ4v) is 6.85. The van der Waals surface area contributed by atoms with Gasteiger partial charge in [0, 0.05) is 55.2 Å². The van der Waals surface area contributed by atoms with Gasteiger partial charge in [-0.1, -0.05) is 6.92 Å². The highest BCUT2D eigenvalue weighted by Gasteiger charge is 2.35. The molecule has 2 aliphatic rings. The standard InChI is InChI=1S/C21H30BrN3O4S/c1-4-20(26)25-12-9-16-13-17(22)19(14-18(16)25)30(28,29)24-10-7-15(8-11-24)21(27)23(5-2)6-3/h13-15H,4-12H2,1-3H3. The summed E-state index contributed by atoms with van der Waals surface area (Å²) in [6, 6.07) is 3.45. The second-order valence-electron chi connectivity index (χ2n) is 7.75. The molecule has 1 aromatic carbocycles. The summed E-state index contributed by atoms with van der Waals surface area (Å²) in [5.74, 6) is -0.0166. The van der Waals surface area contributed by atoms with Gasteiger partial charge in [0.15, 0.2) is 0 Å². The number of halogens is 1. The van der Waals surface area contributed by atoms with Crippen LogP contribution in [0.4, 0.5) is 5.69 Å². The van der Waals surface area contributed by atoms with Crippen molar-refractivity contribution in [3.05, 3.63) is 22.2 Å². The van der Waals surface area contributed by atoms with Crippen molar-refractivity contribution in [3.8, 4) is 0 Å². The van der Waals surface area contributed by atoms with E-state index in [4.69, 9.17) is 0 Å². The van der Waals surface area contributed by atoms with Crippen LogP contribution in [-0.4, -0.2) is 62.2 Å². The summed E-state index contributed by atoms with van der Waals surface area (Å²) < 4.78 is 28.7. The molecule has 0 aromatic heterocycles. The number of rotatable bonds is 6. The summed E-state index contributed by atoms with van der Waals surface area (Å²) in [6.45, 7) is 8.28. The first-order valence-electron chi connectivity index (χ1n) is 10.7. The maximum Gasteiger partial charge on any atom is 0.244 e. The van der Waals surface area contributed by atoms with Crippen molar-refractivity contribution in [1.29, 1.82) is 0 Å². The zero-order valence-corrected chi connectivity index (χ0v) is 20.3. The lowest BCUT2D eigenvalue weighted by molar-refractivity contribution is -0.136. The normalized spacial score (nSPS) is 17.8. The van der Waals surface area contributed by atoms with Crippen molar-refractivity contribution in [1.82, 2.24) is 9.21 Å². The Bertz CT molecular complexity index is 922. The van der Waals surface area contributed by atoms with Crippen molar-refractivity contribution < 1.29 is 18.0 Å². The van der Waals surface area contributed by atoms with Gasteiger partial charge >= 0.3 is 0 Å². The molecule has 1 saturated heterocycles. The van der Waals surface area contributed by atoms with Crippen LogP contribution < -0.4 is 4.90 Å². The number of nitrogens with zero attached hydrogens (tertiary/aromatic N) is 3. The van der Waals surface area contributed by atoms with E-state index < -0.39 is 10.0 Å². The molecule has 30 heavy (non-hydrogen) atoms.